The Hall–Kier alpha value is -1.87. The van der Waals surface area contributed by atoms with E-state index >= 15 is 0 Å². The number of hydrogen-bond donors (Lipinski definition) is 0. The summed E-state index contributed by atoms with van der Waals surface area (Å²) in [5, 5.41) is 2.50. The van der Waals surface area contributed by atoms with Gasteiger partial charge in [0.2, 0.25) is 0 Å². The number of nitrogens with zero attached hydrogens (tertiary/aromatic N) is 1. The number of hydrogen-bond acceptors (Lipinski definition) is 3. The molecule has 2 heterocycles. The van der Waals surface area contributed by atoms with Crippen LogP contribution in [0.25, 0.3) is 10.8 Å². The third-order valence-corrected chi connectivity index (χ3v) is 5.94. The van der Waals surface area contributed by atoms with E-state index in [0.717, 1.165) is 12.8 Å². The van der Waals surface area contributed by atoms with Crippen LogP contribution in [-0.2, 0) is 9.53 Å². The molecular weight excluding hydrogens is 298 g/mol. The molecule has 2 unspecified atom stereocenters. The molecule has 2 aliphatic rings. The Morgan fingerprint density at radius 1 is 1.12 bits per heavy atom. The molecule has 2 fully saturated rings. The van der Waals surface area contributed by atoms with Gasteiger partial charge < -0.3 is 4.74 Å². The van der Waals surface area contributed by atoms with Crippen molar-refractivity contribution in [3.05, 3.63) is 48.0 Å². The maximum atomic E-state index is 12.5. The van der Waals surface area contributed by atoms with Gasteiger partial charge in [-0.05, 0) is 42.6 Å². The van der Waals surface area contributed by atoms with E-state index in [0.29, 0.717) is 12.1 Å². The smallest absolute Gasteiger partial charge is 0.310 e. The topological polar surface area (TPSA) is 29.5 Å². The third kappa shape index (κ3) is 2.61. The summed E-state index contributed by atoms with van der Waals surface area (Å²) >= 11 is 0. The number of carbonyl (C=O) groups is 1. The maximum Gasteiger partial charge on any atom is 0.310 e. The number of fused-ring (bicyclic) bond motifs is 3. The molecule has 0 saturated carbocycles. The molecule has 3 nitrogen and oxygen atoms in total. The SMILES string of the molecule is C.COC(=O)[C@@H]1C2CCC(C[C@@H]1c1ccc3ccccc3c1)N2C. The van der Waals surface area contributed by atoms with Gasteiger partial charge in [0.15, 0.2) is 0 Å². The lowest BCUT2D eigenvalue weighted by atomic mass is 9.76. The van der Waals surface area contributed by atoms with Crippen molar-refractivity contribution in [2.24, 2.45) is 5.92 Å². The molecule has 0 aliphatic carbocycles. The van der Waals surface area contributed by atoms with Gasteiger partial charge in [0.25, 0.3) is 0 Å². The zero-order chi connectivity index (χ0) is 16.0. The Labute approximate surface area is 144 Å². The second-order valence-corrected chi connectivity index (χ2v) is 6.96. The lowest BCUT2D eigenvalue weighted by molar-refractivity contribution is -0.150. The van der Waals surface area contributed by atoms with Crippen LogP contribution in [0.5, 0.6) is 0 Å². The van der Waals surface area contributed by atoms with Crippen molar-refractivity contribution in [1.82, 2.24) is 4.90 Å². The van der Waals surface area contributed by atoms with Crippen LogP contribution in [0.15, 0.2) is 42.5 Å². The van der Waals surface area contributed by atoms with E-state index in [1.807, 2.05) is 0 Å². The Morgan fingerprint density at radius 3 is 2.62 bits per heavy atom. The van der Waals surface area contributed by atoms with Crippen molar-refractivity contribution >= 4 is 16.7 Å². The number of piperidine rings is 1. The monoisotopic (exact) mass is 325 g/mol. The molecular formula is C21H27NO2. The molecule has 4 atom stereocenters. The van der Waals surface area contributed by atoms with Gasteiger partial charge >= 0.3 is 5.97 Å². The molecule has 0 radical (unpaired) electrons. The van der Waals surface area contributed by atoms with Gasteiger partial charge in [-0.2, -0.15) is 0 Å². The quantitative estimate of drug-likeness (QED) is 0.775. The van der Waals surface area contributed by atoms with Crippen LogP contribution < -0.4 is 0 Å². The van der Waals surface area contributed by atoms with Gasteiger partial charge in [0.1, 0.15) is 0 Å². The van der Waals surface area contributed by atoms with Crippen LogP contribution in [0, 0.1) is 5.92 Å². The molecule has 3 heteroatoms. The second-order valence-electron chi connectivity index (χ2n) is 6.96. The highest BCUT2D eigenvalue weighted by Crippen LogP contribution is 2.46. The van der Waals surface area contributed by atoms with Crippen LogP contribution in [0.1, 0.15) is 38.2 Å². The number of carbonyl (C=O) groups excluding carboxylic acids is 1. The summed E-state index contributed by atoms with van der Waals surface area (Å²) in [6, 6.07) is 16.0. The summed E-state index contributed by atoms with van der Waals surface area (Å²) < 4.78 is 5.16. The second kappa shape index (κ2) is 6.56. The van der Waals surface area contributed by atoms with Crippen LogP contribution in [-0.4, -0.2) is 37.1 Å². The summed E-state index contributed by atoms with van der Waals surface area (Å²) in [5.74, 6) is 0.158. The van der Waals surface area contributed by atoms with Crippen LogP contribution >= 0.6 is 0 Å². The van der Waals surface area contributed by atoms with E-state index in [1.54, 1.807) is 0 Å². The van der Waals surface area contributed by atoms with E-state index < -0.39 is 0 Å². The molecule has 2 aromatic rings. The number of ether oxygens (including phenoxy) is 1. The van der Waals surface area contributed by atoms with Gasteiger partial charge in [-0.25, -0.2) is 0 Å². The fourth-order valence-electron chi connectivity index (χ4n) is 4.71. The molecule has 128 valence electrons. The number of methoxy groups -OCH3 is 1. The predicted octanol–water partition coefficient (Wildman–Crippen LogP) is 4.22. The van der Waals surface area contributed by atoms with E-state index in [-0.39, 0.29) is 25.2 Å². The standard InChI is InChI=1S/C20H23NO2.CH4/c1-21-16-9-10-18(21)19(20(22)23-2)17(12-16)15-8-7-13-5-3-4-6-14(13)11-15;/h3-8,11,16-19H,9-10,12H2,1-2H3;1H4/t16?,17-,18?,19+;/m1./s1. The summed E-state index contributed by atoms with van der Waals surface area (Å²) in [6.07, 6.45) is 3.34. The number of esters is 1. The van der Waals surface area contributed by atoms with Gasteiger partial charge in [0.05, 0.1) is 13.0 Å². The van der Waals surface area contributed by atoms with Crippen LogP contribution in [0.2, 0.25) is 0 Å². The van der Waals surface area contributed by atoms with Gasteiger partial charge in [-0.3, -0.25) is 9.69 Å². The average molecular weight is 325 g/mol. The molecule has 2 aliphatic heterocycles. The summed E-state index contributed by atoms with van der Waals surface area (Å²) in [4.78, 5) is 14.9. The first kappa shape index (κ1) is 17.0. The lowest BCUT2D eigenvalue weighted by Crippen LogP contribution is -2.49. The highest BCUT2D eigenvalue weighted by atomic mass is 16.5. The highest BCUT2D eigenvalue weighted by molar-refractivity contribution is 5.83. The Morgan fingerprint density at radius 2 is 1.88 bits per heavy atom. The number of benzene rings is 2. The van der Waals surface area contributed by atoms with Gasteiger partial charge in [-0.1, -0.05) is 49.9 Å². The first-order valence-electron chi connectivity index (χ1n) is 8.47. The van der Waals surface area contributed by atoms with E-state index in [1.165, 1.54) is 29.9 Å². The van der Waals surface area contributed by atoms with Gasteiger partial charge in [0, 0.05) is 18.0 Å². The summed E-state index contributed by atoms with van der Waals surface area (Å²) in [7, 11) is 3.68. The zero-order valence-corrected chi connectivity index (χ0v) is 13.7. The predicted molar refractivity (Wildman–Crippen MR) is 98.1 cm³/mol. The largest absolute Gasteiger partial charge is 0.469 e. The average Bonchev–Trinajstić information content (AvgIpc) is 2.83. The molecule has 24 heavy (non-hydrogen) atoms. The van der Waals surface area contributed by atoms with Crippen molar-refractivity contribution in [2.45, 2.75) is 44.7 Å². The molecule has 2 bridgehead atoms. The molecule has 0 aromatic heterocycles. The van der Waals surface area contributed by atoms with Crippen molar-refractivity contribution in [3.8, 4) is 0 Å². The fourth-order valence-corrected chi connectivity index (χ4v) is 4.71. The Kier molecular flexibility index (Phi) is 4.64. The molecule has 0 spiro atoms. The van der Waals surface area contributed by atoms with Crippen LogP contribution in [0.4, 0.5) is 0 Å². The normalized spacial score (nSPS) is 29.2. The molecule has 2 saturated heterocycles. The van der Waals surface area contributed by atoms with Crippen molar-refractivity contribution in [3.63, 3.8) is 0 Å². The molecule has 4 rings (SSSR count). The first-order chi connectivity index (χ1) is 11.2. The Bertz CT molecular complexity index is 741. The fraction of sp³-hybridized carbons (Fsp3) is 0.476. The van der Waals surface area contributed by atoms with Crippen LogP contribution in [0.3, 0.4) is 0 Å². The third-order valence-electron chi connectivity index (χ3n) is 5.94. The van der Waals surface area contributed by atoms with Gasteiger partial charge in [-0.15, -0.1) is 0 Å². The van der Waals surface area contributed by atoms with Crippen molar-refractivity contribution < 1.29 is 9.53 Å². The lowest BCUT2D eigenvalue weighted by Gasteiger charge is -2.41. The Balaban J connectivity index is 0.00000169. The van der Waals surface area contributed by atoms with Crippen molar-refractivity contribution in [2.75, 3.05) is 14.2 Å². The molecule has 2 aromatic carbocycles. The maximum absolute atomic E-state index is 12.5. The van der Waals surface area contributed by atoms with E-state index in [9.17, 15) is 4.79 Å². The summed E-state index contributed by atoms with van der Waals surface area (Å²) in [5.41, 5.74) is 1.28. The number of rotatable bonds is 2. The minimum Gasteiger partial charge on any atom is -0.469 e. The molecule has 0 amide bonds. The van der Waals surface area contributed by atoms with E-state index in [4.69, 9.17) is 4.74 Å². The zero-order valence-electron chi connectivity index (χ0n) is 13.7. The van der Waals surface area contributed by atoms with E-state index in [2.05, 4.69) is 54.4 Å². The van der Waals surface area contributed by atoms with Crippen molar-refractivity contribution in [1.29, 1.82) is 0 Å². The minimum atomic E-state index is -0.0552. The molecule has 0 N–H and O–H groups in total. The first-order valence-corrected chi connectivity index (χ1v) is 8.47. The highest BCUT2D eigenvalue weighted by Gasteiger charge is 2.49. The minimum absolute atomic E-state index is 0. The summed E-state index contributed by atoms with van der Waals surface area (Å²) in [6.45, 7) is 0.